The Kier molecular flexibility index (Phi) is 4.95. The first-order chi connectivity index (χ1) is 14.2. The second-order valence-electron chi connectivity index (χ2n) is 6.28. The number of methoxy groups -OCH3 is 4. The minimum absolute atomic E-state index is 0.554. The first-order valence-corrected chi connectivity index (χ1v) is 8.98. The molecule has 7 nitrogen and oxygen atoms in total. The van der Waals surface area contributed by atoms with E-state index in [4.69, 9.17) is 18.9 Å². The topological polar surface area (TPSA) is 67.1 Å². The third-order valence-electron chi connectivity index (χ3n) is 4.75. The Balaban J connectivity index is 1.89. The summed E-state index contributed by atoms with van der Waals surface area (Å²) in [6.45, 7) is 0. The lowest BCUT2D eigenvalue weighted by atomic mass is 10.1. The summed E-state index contributed by atoms with van der Waals surface area (Å²) in [6.07, 6.45) is 1.98. The van der Waals surface area contributed by atoms with Gasteiger partial charge in [0.2, 0.25) is 5.75 Å². The van der Waals surface area contributed by atoms with E-state index >= 15 is 0 Å². The molecule has 0 fully saturated rings. The largest absolute Gasteiger partial charge is 0.496 e. The molecule has 0 atom stereocenters. The molecule has 0 aliphatic carbocycles. The van der Waals surface area contributed by atoms with Gasteiger partial charge in [0, 0.05) is 6.20 Å². The fourth-order valence-corrected chi connectivity index (χ4v) is 3.32. The van der Waals surface area contributed by atoms with E-state index in [9.17, 15) is 0 Å². The molecule has 4 aromatic rings. The van der Waals surface area contributed by atoms with Crippen LogP contribution in [-0.4, -0.2) is 43.0 Å². The zero-order chi connectivity index (χ0) is 20.4. The van der Waals surface area contributed by atoms with Crippen molar-refractivity contribution in [2.45, 2.75) is 0 Å². The molecule has 0 aliphatic heterocycles. The molecule has 0 spiro atoms. The van der Waals surface area contributed by atoms with Gasteiger partial charge in [0.25, 0.3) is 0 Å². The van der Waals surface area contributed by atoms with Gasteiger partial charge >= 0.3 is 0 Å². The maximum atomic E-state index is 5.49. The summed E-state index contributed by atoms with van der Waals surface area (Å²) in [5, 5.41) is 8.66. The van der Waals surface area contributed by atoms with Crippen molar-refractivity contribution in [3.05, 3.63) is 54.7 Å². The highest BCUT2D eigenvalue weighted by atomic mass is 16.5. The molecule has 0 amide bonds. The summed E-state index contributed by atoms with van der Waals surface area (Å²) in [5.74, 6) is 3.18. The predicted molar refractivity (Wildman–Crippen MR) is 110 cm³/mol. The first kappa shape index (κ1) is 18.6. The van der Waals surface area contributed by atoms with Gasteiger partial charge in [0.05, 0.1) is 34.0 Å². The molecule has 7 heteroatoms. The number of aromatic nitrogens is 3. The molecular weight excluding hydrogens is 370 g/mol. The monoisotopic (exact) mass is 391 g/mol. The van der Waals surface area contributed by atoms with Crippen molar-refractivity contribution in [3.63, 3.8) is 0 Å². The van der Waals surface area contributed by atoms with Gasteiger partial charge in [0.1, 0.15) is 5.75 Å². The number of fused-ring (bicyclic) bond motifs is 1. The minimum atomic E-state index is 0.554. The second-order valence-corrected chi connectivity index (χ2v) is 6.28. The van der Waals surface area contributed by atoms with E-state index < -0.39 is 0 Å². The van der Waals surface area contributed by atoms with Gasteiger partial charge in [-0.15, -0.1) is 10.2 Å². The molecule has 0 saturated carbocycles. The molecule has 2 heterocycles. The number of pyridine rings is 1. The van der Waals surface area contributed by atoms with E-state index in [2.05, 4.69) is 10.2 Å². The molecule has 0 N–H and O–H groups in total. The number of nitrogens with zero attached hydrogens (tertiary/aromatic N) is 3. The van der Waals surface area contributed by atoms with Gasteiger partial charge < -0.3 is 18.9 Å². The summed E-state index contributed by atoms with van der Waals surface area (Å²) in [4.78, 5) is 0. The van der Waals surface area contributed by atoms with Crippen LogP contribution in [0.1, 0.15) is 0 Å². The fraction of sp³-hybridized carbons (Fsp3) is 0.182. The molecule has 0 bridgehead atoms. The lowest BCUT2D eigenvalue weighted by Crippen LogP contribution is -1.97. The van der Waals surface area contributed by atoms with E-state index in [0.29, 0.717) is 23.1 Å². The molecule has 0 radical (unpaired) electrons. The highest BCUT2D eigenvalue weighted by Gasteiger charge is 2.16. The normalized spacial score (nSPS) is 10.8. The van der Waals surface area contributed by atoms with E-state index in [0.717, 1.165) is 28.1 Å². The van der Waals surface area contributed by atoms with E-state index in [1.165, 1.54) is 0 Å². The van der Waals surface area contributed by atoms with Gasteiger partial charge in [-0.25, -0.2) is 0 Å². The SMILES string of the molecule is COc1ccccc1-c1nnc2ccc(-c3cc(OC)c(OC)c(OC)c3)cn12. The molecular formula is C22H21N3O4. The van der Waals surface area contributed by atoms with E-state index in [1.807, 2.05) is 59.1 Å². The van der Waals surface area contributed by atoms with Crippen molar-refractivity contribution >= 4 is 5.65 Å². The van der Waals surface area contributed by atoms with Crippen LogP contribution in [0.2, 0.25) is 0 Å². The third kappa shape index (κ3) is 3.20. The number of ether oxygens (including phenoxy) is 4. The smallest absolute Gasteiger partial charge is 0.203 e. The molecule has 0 saturated heterocycles. The summed E-state index contributed by atoms with van der Waals surface area (Å²) in [7, 11) is 6.43. The van der Waals surface area contributed by atoms with Crippen molar-refractivity contribution in [1.29, 1.82) is 0 Å². The molecule has 0 unspecified atom stereocenters. The lowest BCUT2D eigenvalue weighted by Gasteiger charge is -2.14. The Morgan fingerprint density at radius 2 is 1.38 bits per heavy atom. The van der Waals surface area contributed by atoms with Crippen LogP contribution < -0.4 is 18.9 Å². The molecule has 148 valence electrons. The van der Waals surface area contributed by atoms with Crippen LogP contribution in [0.15, 0.2) is 54.7 Å². The fourth-order valence-electron chi connectivity index (χ4n) is 3.32. The maximum Gasteiger partial charge on any atom is 0.203 e. The van der Waals surface area contributed by atoms with E-state index in [-0.39, 0.29) is 0 Å². The molecule has 2 aromatic carbocycles. The summed E-state index contributed by atoms with van der Waals surface area (Å²) in [5.41, 5.74) is 3.47. The number of hydrogen-bond donors (Lipinski definition) is 0. The average Bonchev–Trinajstić information content (AvgIpc) is 3.20. The van der Waals surface area contributed by atoms with Crippen molar-refractivity contribution in [2.24, 2.45) is 0 Å². The Hall–Kier alpha value is -3.74. The van der Waals surface area contributed by atoms with Crippen LogP contribution in [0.5, 0.6) is 23.0 Å². The Labute approximate surface area is 168 Å². The highest BCUT2D eigenvalue weighted by molar-refractivity contribution is 5.73. The second kappa shape index (κ2) is 7.71. The van der Waals surface area contributed by atoms with E-state index in [1.54, 1.807) is 28.4 Å². The van der Waals surface area contributed by atoms with Crippen LogP contribution >= 0.6 is 0 Å². The summed E-state index contributed by atoms with van der Waals surface area (Å²) in [6, 6.07) is 15.5. The Morgan fingerprint density at radius 3 is 2.03 bits per heavy atom. The Morgan fingerprint density at radius 1 is 0.690 bits per heavy atom. The van der Waals surface area contributed by atoms with Crippen LogP contribution in [0.3, 0.4) is 0 Å². The average molecular weight is 391 g/mol. The number of rotatable bonds is 6. The number of benzene rings is 2. The standard InChI is InChI=1S/C22H21N3O4/c1-26-17-8-6-5-7-16(17)22-24-23-20-10-9-14(13-25(20)22)15-11-18(27-2)21(29-4)19(12-15)28-3/h5-13H,1-4H3. The highest BCUT2D eigenvalue weighted by Crippen LogP contribution is 2.41. The molecule has 4 rings (SSSR count). The zero-order valence-corrected chi connectivity index (χ0v) is 16.7. The molecule has 2 aromatic heterocycles. The van der Waals surface area contributed by atoms with Gasteiger partial charge in [-0.1, -0.05) is 12.1 Å². The van der Waals surface area contributed by atoms with Crippen molar-refractivity contribution in [2.75, 3.05) is 28.4 Å². The third-order valence-corrected chi connectivity index (χ3v) is 4.75. The minimum Gasteiger partial charge on any atom is -0.496 e. The molecule has 29 heavy (non-hydrogen) atoms. The van der Waals surface area contributed by atoms with Crippen molar-refractivity contribution in [1.82, 2.24) is 14.6 Å². The van der Waals surface area contributed by atoms with Crippen LogP contribution in [0.4, 0.5) is 0 Å². The van der Waals surface area contributed by atoms with Crippen LogP contribution in [0, 0.1) is 0 Å². The Bertz CT molecular complexity index is 1140. The summed E-state index contributed by atoms with van der Waals surface area (Å²) >= 11 is 0. The van der Waals surface area contributed by atoms with Crippen molar-refractivity contribution < 1.29 is 18.9 Å². The lowest BCUT2D eigenvalue weighted by molar-refractivity contribution is 0.324. The number of para-hydroxylation sites is 1. The quantitative estimate of drug-likeness (QED) is 0.493. The number of hydrogen-bond acceptors (Lipinski definition) is 6. The van der Waals surface area contributed by atoms with Gasteiger partial charge in [0.15, 0.2) is 23.0 Å². The van der Waals surface area contributed by atoms with Gasteiger partial charge in [-0.05, 0) is 47.5 Å². The van der Waals surface area contributed by atoms with Crippen LogP contribution in [0.25, 0.3) is 28.2 Å². The maximum absolute atomic E-state index is 5.49. The van der Waals surface area contributed by atoms with Crippen LogP contribution in [-0.2, 0) is 0 Å². The first-order valence-electron chi connectivity index (χ1n) is 8.98. The van der Waals surface area contributed by atoms with Gasteiger partial charge in [-0.2, -0.15) is 0 Å². The molecule has 0 aliphatic rings. The predicted octanol–water partition coefficient (Wildman–Crippen LogP) is 4.10. The zero-order valence-electron chi connectivity index (χ0n) is 16.7. The van der Waals surface area contributed by atoms with Gasteiger partial charge in [-0.3, -0.25) is 4.40 Å². The van der Waals surface area contributed by atoms with Crippen molar-refractivity contribution in [3.8, 4) is 45.5 Å². The summed E-state index contributed by atoms with van der Waals surface area (Å²) < 4.78 is 23.8.